The molecule has 1 amide bonds. The molecule has 0 unspecified atom stereocenters. The Labute approximate surface area is 149 Å². The molecule has 0 spiro atoms. The first-order valence-corrected chi connectivity index (χ1v) is 8.92. The van der Waals surface area contributed by atoms with E-state index in [4.69, 9.17) is 0 Å². The van der Waals surface area contributed by atoms with Gasteiger partial charge in [0.2, 0.25) is 0 Å². The summed E-state index contributed by atoms with van der Waals surface area (Å²) in [6.07, 6.45) is 0.827. The summed E-state index contributed by atoms with van der Waals surface area (Å²) in [7, 11) is 0. The summed E-state index contributed by atoms with van der Waals surface area (Å²) in [6, 6.07) is 7.63. The number of aromatic nitrogens is 2. The standard InChI is InChI=1S/C21H25N3O/c1-14(2)8-9-16-6-5-7-17(12-16)21(25)24-11-10-19-18(13-24)20(15(3)4)23-22-19/h5-7,12,14-15H,10-11,13H2,1-4H3,(H,22,23). The van der Waals surface area contributed by atoms with Gasteiger partial charge in [0.1, 0.15) is 0 Å². The minimum atomic E-state index is 0.0646. The van der Waals surface area contributed by atoms with Gasteiger partial charge in [0.05, 0.1) is 5.69 Å². The molecule has 1 N–H and O–H groups in total. The summed E-state index contributed by atoms with van der Waals surface area (Å²) in [5.74, 6) is 7.02. The lowest BCUT2D eigenvalue weighted by atomic mass is 9.98. The molecular formula is C21H25N3O. The van der Waals surface area contributed by atoms with Crippen molar-refractivity contribution < 1.29 is 4.79 Å². The molecule has 2 aromatic rings. The maximum absolute atomic E-state index is 13.0. The fourth-order valence-corrected chi connectivity index (χ4v) is 3.11. The van der Waals surface area contributed by atoms with E-state index < -0.39 is 0 Å². The minimum Gasteiger partial charge on any atom is -0.334 e. The Kier molecular flexibility index (Phi) is 4.94. The molecule has 1 aliphatic heterocycles. The highest BCUT2D eigenvalue weighted by molar-refractivity contribution is 5.94. The molecule has 130 valence electrons. The van der Waals surface area contributed by atoms with E-state index in [0.717, 1.165) is 17.7 Å². The van der Waals surface area contributed by atoms with Gasteiger partial charge < -0.3 is 4.90 Å². The molecule has 4 nitrogen and oxygen atoms in total. The van der Waals surface area contributed by atoms with E-state index in [2.05, 4.69) is 49.7 Å². The lowest BCUT2D eigenvalue weighted by molar-refractivity contribution is 0.0733. The maximum atomic E-state index is 13.0. The molecule has 1 aliphatic rings. The molecule has 1 aromatic carbocycles. The van der Waals surface area contributed by atoms with Crippen molar-refractivity contribution in [1.82, 2.24) is 15.1 Å². The van der Waals surface area contributed by atoms with E-state index in [1.165, 1.54) is 11.3 Å². The zero-order valence-electron chi connectivity index (χ0n) is 15.4. The van der Waals surface area contributed by atoms with Gasteiger partial charge in [-0.15, -0.1) is 0 Å². The highest BCUT2D eigenvalue weighted by Gasteiger charge is 2.26. The first kappa shape index (κ1) is 17.3. The van der Waals surface area contributed by atoms with Crippen LogP contribution in [0.5, 0.6) is 0 Å². The Balaban J connectivity index is 1.81. The van der Waals surface area contributed by atoms with Crippen LogP contribution in [-0.4, -0.2) is 27.5 Å². The van der Waals surface area contributed by atoms with Gasteiger partial charge in [-0.2, -0.15) is 5.10 Å². The Hall–Kier alpha value is -2.54. The van der Waals surface area contributed by atoms with Gasteiger partial charge in [0, 0.05) is 47.8 Å². The summed E-state index contributed by atoms with van der Waals surface area (Å²) in [5.41, 5.74) is 5.02. The third-order valence-corrected chi connectivity index (χ3v) is 4.41. The van der Waals surface area contributed by atoms with Crippen LogP contribution in [0.15, 0.2) is 24.3 Å². The van der Waals surface area contributed by atoms with Gasteiger partial charge in [0.15, 0.2) is 0 Å². The largest absolute Gasteiger partial charge is 0.334 e. The van der Waals surface area contributed by atoms with Crippen molar-refractivity contribution in [2.75, 3.05) is 6.54 Å². The second kappa shape index (κ2) is 7.14. The number of amides is 1. The van der Waals surface area contributed by atoms with Crippen LogP contribution in [0.2, 0.25) is 0 Å². The molecule has 0 saturated carbocycles. The van der Waals surface area contributed by atoms with Crippen LogP contribution in [0, 0.1) is 17.8 Å². The van der Waals surface area contributed by atoms with E-state index >= 15 is 0 Å². The van der Waals surface area contributed by atoms with Crippen LogP contribution >= 0.6 is 0 Å². The van der Waals surface area contributed by atoms with E-state index in [0.29, 0.717) is 30.5 Å². The Bertz CT molecular complexity index is 836. The number of benzene rings is 1. The molecule has 4 heteroatoms. The van der Waals surface area contributed by atoms with E-state index in [1.54, 1.807) is 0 Å². The third-order valence-electron chi connectivity index (χ3n) is 4.41. The SMILES string of the molecule is CC(C)C#Cc1cccc(C(=O)N2CCc3[nH]nc(C(C)C)c3C2)c1. The number of aromatic amines is 1. The van der Waals surface area contributed by atoms with Gasteiger partial charge >= 0.3 is 0 Å². The van der Waals surface area contributed by atoms with Gasteiger partial charge in [-0.25, -0.2) is 0 Å². The number of H-pyrrole nitrogens is 1. The van der Waals surface area contributed by atoms with Crippen molar-refractivity contribution in [3.63, 3.8) is 0 Å². The number of hydrogen-bond acceptors (Lipinski definition) is 2. The second-order valence-electron chi connectivity index (χ2n) is 7.20. The van der Waals surface area contributed by atoms with Crippen LogP contribution in [0.4, 0.5) is 0 Å². The molecule has 0 fully saturated rings. The van der Waals surface area contributed by atoms with Gasteiger partial charge in [-0.3, -0.25) is 9.89 Å². The lowest BCUT2D eigenvalue weighted by Crippen LogP contribution is -2.36. The zero-order valence-corrected chi connectivity index (χ0v) is 15.4. The molecular weight excluding hydrogens is 310 g/mol. The molecule has 3 rings (SSSR count). The van der Waals surface area contributed by atoms with Crippen LogP contribution in [0.25, 0.3) is 0 Å². The molecule has 0 saturated heterocycles. The van der Waals surface area contributed by atoms with Crippen molar-refractivity contribution in [2.45, 2.75) is 46.6 Å². The normalized spacial score (nSPS) is 13.6. The molecule has 0 radical (unpaired) electrons. The third kappa shape index (κ3) is 3.76. The highest BCUT2D eigenvalue weighted by Crippen LogP contribution is 2.26. The highest BCUT2D eigenvalue weighted by atomic mass is 16.2. The molecule has 0 bridgehead atoms. The van der Waals surface area contributed by atoms with E-state index in [-0.39, 0.29) is 5.91 Å². The summed E-state index contributed by atoms with van der Waals surface area (Å²) >= 11 is 0. The van der Waals surface area contributed by atoms with Gasteiger partial charge in [-0.05, 0) is 24.1 Å². The zero-order chi connectivity index (χ0) is 18.0. The summed E-state index contributed by atoms with van der Waals surface area (Å²) in [5, 5.41) is 7.57. The fourth-order valence-electron chi connectivity index (χ4n) is 3.11. The quantitative estimate of drug-likeness (QED) is 0.850. The van der Waals surface area contributed by atoms with Crippen molar-refractivity contribution in [3.8, 4) is 11.8 Å². The Morgan fingerprint density at radius 3 is 2.80 bits per heavy atom. The Morgan fingerprint density at radius 1 is 1.28 bits per heavy atom. The van der Waals surface area contributed by atoms with E-state index in [1.807, 2.05) is 29.2 Å². The predicted octanol–water partition coefficient (Wildman–Crippen LogP) is 3.74. The van der Waals surface area contributed by atoms with Crippen LogP contribution in [0.1, 0.15) is 66.5 Å². The number of carbonyl (C=O) groups is 1. The predicted molar refractivity (Wildman–Crippen MR) is 99.3 cm³/mol. The first-order chi connectivity index (χ1) is 12.0. The second-order valence-corrected chi connectivity index (χ2v) is 7.20. The smallest absolute Gasteiger partial charge is 0.254 e. The number of nitrogens with zero attached hydrogens (tertiary/aromatic N) is 2. The molecule has 1 aromatic heterocycles. The summed E-state index contributed by atoms with van der Waals surface area (Å²) in [4.78, 5) is 14.9. The number of rotatable bonds is 2. The summed E-state index contributed by atoms with van der Waals surface area (Å²) < 4.78 is 0. The van der Waals surface area contributed by atoms with Crippen molar-refractivity contribution >= 4 is 5.91 Å². The molecule has 2 heterocycles. The van der Waals surface area contributed by atoms with Gasteiger partial charge in [-0.1, -0.05) is 45.6 Å². The van der Waals surface area contributed by atoms with Crippen LogP contribution in [-0.2, 0) is 13.0 Å². The Morgan fingerprint density at radius 2 is 2.08 bits per heavy atom. The van der Waals surface area contributed by atoms with Crippen molar-refractivity contribution in [1.29, 1.82) is 0 Å². The topological polar surface area (TPSA) is 49.0 Å². The molecule has 0 atom stereocenters. The molecule has 0 aliphatic carbocycles. The number of nitrogens with one attached hydrogen (secondary N) is 1. The fraction of sp³-hybridized carbons (Fsp3) is 0.429. The van der Waals surface area contributed by atoms with Crippen molar-refractivity contribution in [3.05, 3.63) is 52.3 Å². The average molecular weight is 335 g/mol. The lowest BCUT2D eigenvalue weighted by Gasteiger charge is -2.27. The van der Waals surface area contributed by atoms with Crippen molar-refractivity contribution in [2.24, 2.45) is 5.92 Å². The number of hydrogen-bond donors (Lipinski definition) is 1. The van der Waals surface area contributed by atoms with E-state index in [9.17, 15) is 4.79 Å². The number of carbonyl (C=O) groups excluding carboxylic acids is 1. The maximum Gasteiger partial charge on any atom is 0.254 e. The summed E-state index contributed by atoms with van der Waals surface area (Å²) in [6.45, 7) is 9.73. The van der Waals surface area contributed by atoms with Gasteiger partial charge in [0.25, 0.3) is 5.91 Å². The van der Waals surface area contributed by atoms with Crippen LogP contribution in [0.3, 0.4) is 0 Å². The number of fused-ring (bicyclic) bond motifs is 1. The first-order valence-electron chi connectivity index (χ1n) is 8.92. The molecule has 25 heavy (non-hydrogen) atoms. The van der Waals surface area contributed by atoms with Crippen LogP contribution < -0.4 is 0 Å². The average Bonchev–Trinajstić information content (AvgIpc) is 3.03. The monoisotopic (exact) mass is 335 g/mol. The minimum absolute atomic E-state index is 0.0646.